The van der Waals surface area contributed by atoms with Crippen LogP contribution in [-0.2, 0) is 0 Å². The highest BCUT2D eigenvalue weighted by atomic mass is 16.4. The van der Waals surface area contributed by atoms with Crippen LogP contribution in [0.15, 0.2) is 18.2 Å². The van der Waals surface area contributed by atoms with Crippen LogP contribution in [0.1, 0.15) is 10.4 Å². The number of rotatable bonds is 2. The molecule has 0 aliphatic carbocycles. The van der Waals surface area contributed by atoms with Gasteiger partial charge in [-0.05, 0) is 12.1 Å². The molecule has 0 saturated carbocycles. The zero-order chi connectivity index (χ0) is 11.4. The molecule has 1 aromatic rings. The van der Waals surface area contributed by atoms with Crippen molar-refractivity contribution in [2.45, 2.75) is 0 Å². The normalized spacial score (nSPS) is 9.40. The van der Waals surface area contributed by atoms with Gasteiger partial charge < -0.3 is 20.8 Å². The van der Waals surface area contributed by atoms with Gasteiger partial charge in [0.05, 0.1) is 5.69 Å². The maximum absolute atomic E-state index is 10.9. The van der Waals surface area contributed by atoms with Crippen molar-refractivity contribution in [3.63, 3.8) is 0 Å². The van der Waals surface area contributed by atoms with Gasteiger partial charge in [0.1, 0.15) is 5.56 Å². The lowest BCUT2D eigenvalue weighted by Gasteiger charge is -2.08. The van der Waals surface area contributed by atoms with Crippen molar-refractivity contribution < 1.29 is 19.8 Å². The Morgan fingerprint density at radius 1 is 1.33 bits per heavy atom. The molecule has 0 heterocycles. The highest BCUT2D eigenvalue weighted by molar-refractivity contribution is 5.97. The molecule has 6 heteroatoms. The smallest absolute Gasteiger partial charge is 0.339 e. The zero-order valence-electron chi connectivity index (χ0n) is 7.94. The second kappa shape index (κ2) is 4.32. The summed E-state index contributed by atoms with van der Waals surface area (Å²) in [4.78, 5) is 21.6. The molecule has 0 aliphatic heterocycles. The minimum Gasteiger partial charge on any atom is -0.505 e. The van der Waals surface area contributed by atoms with E-state index in [4.69, 9.17) is 5.11 Å². The number of nitrogens with one attached hydrogen (secondary N) is 2. The highest BCUT2D eigenvalue weighted by Gasteiger charge is 2.13. The molecule has 0 aromatic heterocycles. The Labute approximate surface area is 85.5 Å². The van der Waals surface area contributed by atoms with Crippen molar-refractivity contribution in [2.24, 2.45) is 0 Å². The molecule has 6 nitrogen and oxygen atoms in total. The quantitative estimate of drug-likeness (QED) is 0.543. The summed E-state index contributed by atoms with van der Waals surface area (Å²) < 4.78 is 0. The van der Waals surface area contributed by atoms with Crippen molar-refractivity contribution in [1.29, 1.82) is 0 Å². The third kappa shape index (κ3) is 2.37. The minimum absolute atomic E-state index is 0.0502. The number of para-hydroxylation sites is 1. The predicted molar refractivity (Wildman–Crippen MR) is 53.1 cm³/mol. The minimum atomic E-state index is -1.26. The SMILES string of the molecule is CNC(=O)Nc1cccc(C(=O)O)c1O. The lowest BCUT2D eigenvalue weighted by atomic mass is 10.2. The topological polar surface area (TPSA) is 98.7 Å². The number of aromatic hydroxyl groups is 1. The number of anilines is 1. The van der Waals surface area contributed by atoms with E-state index in [2.05, 4.69) is 10.6 Å². The van der Waals surface area contributed by atoms with Crippen molar-refractivity contribution in [3.05, 3.63) is 23.8 Å². The van der Waals surface area contributed by atoms with E-state index in [0.717, 1.165) is 0 Å². The summed E-state index contributed by atoms with van der Waals surface area (Å²) in [5.41, 5.74) is -0.210. The third-order valence-corrected chi connectivity index (χ3v) is 1.74. The molecule has 0 atom stereocenters. The van der Waals surface area contributed by atoms with Gasteiger partial charge in [-0.1, -0.05) is 6.07 Å². The molecule has 0 radical (unpaired) electrons. The first-order valence-corrected chi connectivity index (χ1v) is 4.10. The third-order valence-electron chi connectivity index (χ3n) is 1.74. The average Bonchev–Trinajstić information content (AvgIpc) is 2.20. The fourth-order valence-electron chi connectivity index (χ4n) is 1.00. The van der Waals surface area contributed by atoms with E-state index in [1.807, 2.05) is 0 Å². The largest absolute Gasteiger partial charge is 0.505 e. The van der Waals surface area contributed by atoms with E-state index in [1.54, 1.807) is 0 Å². The lowest BCUT2D eigenvalue weighted by Crippen LogP contribution is -2.24. The van der Waals surface area contributed by atoms with Gasteiger partial charge >= 0.3 is 12.0 Å². The number of urea groups is 1. The molecule has 80 valence electrons. The summed E-state index contributed by atoms with van der Waals surface area (Å²) in [5, 5.41) is 22.7. The maximum Gasteiger partial charge on any atom is 0.339 e. The Hall–Kier alpha value is -2.24. The van der Waals surface area contributed by atoms with Crippen molar-refractivity contribution in [2.75, 3.05) is 12.4 Å². The van der Waals surface area contributed by atoms with Gasteiger partial charge in [0.25, 0.3) is 0 Å². The van der Waals surface area contributed by atoms with Crippen molar-refractivity contribution in [3.8, 4) is 5.75 Å². The maximum atomic E-state index is 10.9. The number of carboxylic acid groups (broad SMARTS) is 1. The molecule has 15 heavy (non-hydrogen) atoms. The molecule has 1 aromatic carbocycles. The van der Waals surface area contributed by atoms with Gasteiger partial charge in [0, 0.05) is 7.05 Å². The van der Waals surface area contributed by atoms with Crippen LogP contribution in [0.5, 0.6) is 5.75 Å². The fourth-order valence-corrected chi connectivity index (χ4v) is 1.00. The van der Waals surface area contributed by atoms with Gasteiger partial charge in [-0.25, -0.2) is 9.59 Å². The van der Waals surface area contributed by atoms with E-state index in [0.29, 0.717) is 0 Å². The highest BCUT2D eigenvalue weighted by Crippen LogP contribution is 2.27. The molecule has 0 spiro atoms. The van der Waals surface area contributed by atoms with E-state index in [1.165, 1.54) is 25.2 Å². The van der Waals surface area contributed by atoms with E-state index in [9.17, 15) is 14.7 Å². The van der Waals surface area contributed by atoms with Gasteiger partial charge in [0.2, 0.25) is 0 Å². The first-order valence-electron chi connectivity index (χ1n) is 4.10. The van der Waals surface area contributed by atoms with Crippen LogP contribution in [0.4, 0.5) is 10.5 Å². The molecule has 4 N–H and O–H groups in total. The number of carboxylic acids is 1. The molecule has 0 saturated heterocycles. The Bertz CT molecular complexity index is 403. The summed E-state index contributed by atoms with van der Waals surface area (Å²) in [7, 11) is 1.41. The summed E-state index contributed by atoms with van der Waals surface area (Å²) in [6.07, 6.45) is 0. The number of benzene rings is 1. The van der Waals surface area contributed by atoms with Gasteiger partial charge in [0.15, 0.2) is 5.75 Å². The van der Waals surface area contributed by atoms with Crippen molar-refractivity contribution in [1.82, 2.24) is 5.32 Å². The molecule has 1 rings (SSSR count). The summed E-state index contributed by atoms with van der Waals surface area (Å²) in [5.74, 6) is -1.72. The van der Waals surface area contributed by atoms with Crippen LogP contribution in [0, 0.1) is 0 Å². The summed E-state index contributed by atoms with van der Waals surface area (Å²) >= 11 is 0. The summed E-state index contributed by atoms with van der Waals surface area (Å²) in [6, 6.07) is 3.53. The van der Waals surface area contributed by atoms with Gasteiger partial charge in [-0.3, -0.25) is 0 Å². The van der Waals surface area contributed by atoms with E-state index in [-0.39, 0.29) is 11.3 Å². The van der Waals surface area contributed by atoms with Crippen molar-refractivity contribution >= 4 is 17.7 Å². The number of carbonyl (C=O) groups is 2. The molecule has 0 unspecified atom stereocenters. The first kappa shape index (κ1) is 10.8. The average molecular weight is 210 g/mol. The summed E-state index contributed by atoms with van der Waals surface area (Å²) in [6.45, 7) is 0. The van der Waals surface area contributed by atoms with E-state index < -0.39 is 17.7 Å². The van der Waals surface area contributed by atoms with Crippen LogP contribution in [-0.4, -0.2) is 29.3 Å². The van der Waals surface area contributed by atoms with Gasteiger partial charge in [-0.15, -0.1) is 0 Å². The van der Waals surface area contributed by atoms with Crippen LogP contribution >= 0.6 is 0 Å². The number of phenols is 1. The Kier molecular flexibility index (Phi) is 3.12. The fraction of sp³-hybridized carbons (Fsp3) is 0.111. The zero-order valence-corrected chi connectivity index (χ0v) is 7.94. The Morgan fingerprint density at radius 2 is 2.00 bits per heavy atom. The molecular formula is C9H10N2O4. The molecule has 0 aliphatic rings. The molecular weight excluding hydrogens is 200 g/mol. The second-order valence-electron chi connectivity index (χ2n) is 2.71. The van der Waals surface area contributed by atoms with E-state index >= 15 is 0 Å². The molecule has 2 amide bonds. The monoisotopic (exact) mass is 210 g/mol. The van der Waals surface area contributed by atoms with Crippen LogP contribution in [0.25, 0.3) is 0 Å². The number of hydrogen-bond donors (Lipinski definition) is 4. The molecule has 0 fully saturated rings. The predicted octanol–water partition coefficient (Wildman–Crippen LogP) is 0.842. The number of aromatic carboxylic acids is 1. The lowest BCUT2D eigenvalue weighted by molar-refractivity contribution is 0.0694. The Balaban J connectivity index is 3.04. The second-order valence-corrected chi connectivity index (χ2v) is 2.71. The van der Waals surface area contributed by atoms with Crippen LogP contribution in [0.3, 0.4) is 0 Å². The number of hydrogen-bond acceptors (Lipinski definition) is 3. The molecule has 0 bridgehead atoms. The van der Waals surface area contributed by atoms with Crippen LogP contribution < -0.4 is 10.6 Å². The Morgan fingerprint density at radius 3 is 2.53 bits per heavy atom. The van der Waals surface area contributed by atoms with Gasteiger partial charge in [-0.2, -0.15) is 0 Å². The standard InChI is InChI=1S/C9H10N2O4/c1-10-9(15)11-6-4-2-3-5(7(6)12)8(13)14/h2-4,12H,1H3,(H,13,14)(H2,10,11,15). The number of carbonyl (C=O) groups excluding carboxylic acids is 1. The number of amides is 2. The van der Waals surface area contributed by atoms with Crippen LogP contribution in [0.2, 0.25) is 0 Å². The first-order chi connectivity index (χ1) is 7.06.